The Kier molecular flexibility index (Phi) is 5.66. The van der Waals surface area contributed by atoms with Gasteiger partial charge in [0.15, 0.2) is 0 Å². The van der Waals surface area contributed by atoms with Gasteiger partial charge in [0.1, 0.15) is 0 Å². The normalized spacial score (nSPS) is 17.3. The quantitative estimate of drug-likeness (QED) is 0.889. The minimum atomic E-state index is -0.0918. The first-order valence-electron chi connectivity index (χ1n) is 8.55. The second-order valence-electron chi connectivity index (χ2n) is 6.09. The van der Waals surface area contributed by atoms with Gasteiger partial charge in [-0.25, -0.2) is 4.79 Å². The van der Waals surface area contributed by atoms with Crippen molar-refractivity contribution in [2.45, 2.75) is 25.3 Å². The summed E-state index contributed by atoms with van der Waals surface area (Å²) >= 11 is 0. The third-order valence-corrected chi connectivity index (χ3v) is 4.27. The molecule has 1 saturated heterocycles. The van der Waals surface area contributed by atoms with Crippen LogP contribution in [0.25, 0.3) is 0 Å². The standard InChI is InChI=1S/C19H24N4O/c24-19(21-13-11-16-7-4-5-12-20-16)22-17-8-6-14-23(15-17)18-9-2-1-3-10-18/h1-5,7,9-10,12,17H,6,8,11,13-15H2,(H2,21,22,24). The molecule has 0 spiro atoms. The molecule has 1 atom stereocenters. The van der Waals surface area contributed by atoms with Crippen LogP contribution < -0.4 is 15.5 Å². The summed E-state index contributed by atoms with van der Waals surface area (Å²) in [6.45, 7) is 2.50. The lowest BCUT2D eigenvalue weighted by Gasteiger charge is -2.34. The van der Waals surface area contributed by atoms with Gasteiger partial charge in [-0.2, -0.15) is 0 Å². The lowest BCUT2D eigenvalue weighted by Crippen LogP contribution is -2.50. The van der Waals surface area contributed by atoms with Gasteiger partial charge in [0, 0.05) is 49.7 Å². The van der Waals surface area contributed by atoms with Crippen molar-refractivity contribution in [3.63, 3.8) is 0 Å². The Bertz CT molecular complexity index is 632. The molecule has 126 valence electrons. The first-order valence-corrected chi connectivity index (χ1v) is 8.55. The van der Waals surface area contributed by atoms with E-state index in [9.17, 15) is 4.79 Å². The highest BCUT2D eigenvalue weighted by Crippen LogP contribution is 2.19. The van der Waals surface area contributed by atoms with Crippen LogP contribution in [0.5, 0.6) is 0 Å². The Hall–Kier alpha value is -2.56. The molecular formula is C19H24N4O. The van der Waals surface area contributed by atoms with Crippen molar-refractivity contribution in [2.24, 2.45) is 0 Å². The van der Waals surface area contributed by atoms with Crippen molar-refractivity contribution in [1.29, 1.82) is 0 Å². The van der Waals surface area contributed by atoms with E-state index in [0.717, 1.165) is 38.0 Å². The predicted octanol–water partition coefficient (Wildman–Crippen LogP) is 2.59. The van der Waals surface area contributed by atoms with Crippen molar-refractivity contribution >= 4 is 11.7 Å². The van der Waals surface area contributed by atoms with Gasteiger partial charge in [0.05, 0.1) is 0 Å². The fourth-order valence-electron chi connectivity index (χ4n) is 3.05. The number of nitrogens with zero attached hydrogens (tertiary/aromatic N) is 2. The van der Waals surface area contributed by atoms with E-state index in [1.807, 2.05) is 24.3 Å². The number of anilines is 1. The summed E-state index contributed by atoms with van der Waals surface area (Å²) in [4.78, 5) is 18.7. The summed E-state index contributed by atoms with van der Waals surface area (Å²) in [6, 6.07) is 16.3. The fraction of sp³-hybridized carbons (Fsp3) is 0.368. The zero-order chi connectivity index (χ0) is 16.6. The maximum Gasteiger partial charge on any atom is 0.315 e. The second kappa shape index (κ2) is 8.34. The van der Waals surface area contributed by atoms with Gasteiger partial charge >= 0.3 is 6.03 Å². The molecule has 24 heavy (non-hydrogen) atoms. The molecule has 2 amide bonds. The number of hydrogen-bond acceptors (Lipinski definition) is 3. The number of rotatable bonds is 5. The molecule has 3 rings (SSSR count). The summed E-state index contributed by atoms with van der Waals surface area (Å²) in [5, 5.41) is 6.02. The van der Waals surface area contributed by atoms with Crippen molar-refractivity contribution < 1.29 is 4.79 Å². The second-order valence-corrected chi connectivity index (χ2v) is 6.09. The zero-order valence-corrected chi connectivity index (χ0v) is 13.8. The lowest BCUT2D eigenvalue weighted by atomic mass is 10.1. The molecule has 0 radical (unpaired) electrons. The van der Waals surface area contributed by atoms with Gasteiger partial charge < -0.3 is 15.5 Å². The summed E-state index contributed by atoms with van der Waals surface area (Å²) in [6.07, 6.45) is 4.63. The van der Waals surface area contributed by atoms with Crippen LogP contribution in [0, 0.1) is 0 Å². The lowest BCUT2D eigenvalue weighted by molar-refractivity contribution is 0.235. The van der Waals surface area contributed by atoms with Crippen LogP contribution in [0.2, 0.25) is 0 Å². The monoisotopic (exact) mass is 324 g/mol. The maximum absolute atomic E-state index is 12.1. The number of benzene rings is 1. The molecule has 5 heteroatoms. The molecule has 1 aromatic carbocycles. The first-order chi connectivity index (χ1) is 11.8. The molecular weight excluding hydrogens is 300 g/mol. The summed E-state index contributed by atoms with van der Waals surface area (Å²) in [7, 11) is 0. The Morgan fingerprint density at radius 3 is 2.79 bits per heavy atom. The topological polar surface area (TPSA) is 57.3 Å². The van der Waals surface area contributed by atoms with Crippen molar-refractivity contribution in [3.05, 3.63) is 60.4 Å². The summed E-state index contributed by atoms with van der Waals surface area (Å²) in [5.41, 5.74) is 2.21. The fourth-order valence-corrected chi connectivity index (χ4v) is 3.05. The molecule has 1 aromatic heterocycles. The van der Waals surface area contributed by atoms with Gasteiger partial charge in [-0.05, 0) is 37.1 Å². The summed E-state index contributed by atoms with van der Waals surface area (Å²) in [5.74, 6) is 0. The van der Waals surface area contributed by atoms with Crippen molar-refractivity contribution in [3.8, 4) is 0 Å². The Balaban J connectivity index is 1.42. The predicted molar refractivity (Wildman–Crippen MR) is 96.2 cm³/mol. The first kappa shape index (κ1) is 16.3. The highest BCUT2D eigenvalue weighted by Gasteiger charge is 2.21. The van der Waals surface area contributed by atoms with E-state index in [1.165, 1.54) is 5.69 Å². The van der Waals surface area contributed by atoms with Crippen LogP contribution >= 0.6 is 0 Å². The largest absolute Gasteiger partial charge is 0.369 e. The van der Waals surface area contributed by atoms with E-state index in [-0.39, 0.29) is 12.1 Å². The van der Waals surface area contributed by atoms with Crippen molar-refractivity contribution in [2.75, 3.05) is 24.5 Å². The number of urea groups is 1. The van der Waals surface area contributed by atoms with E-state index < -0.39 is 0 Å². The van der Waals surface area contributed by atoms with Crippen LogP contribution in [-0.2, 0) is 6.42 Å². The molecule has 0 aliphatic carbocycles. The zero-order valence-electron chi connectivity index (χ0n) is 13.8. The number of carbonyl (C=O) groups is 1. The van der Waals surface area contributed by atoms with Crippen LogP contribution in [0.4, 0.5) is 10.5 Å². The maximum atomic E-state index is 12.1. The third-order valence-electron chi connectivity index (χ3n) is 4.27. The van der Waals surface area contributed by atoms with Crippen LogP contribution in [0.15, 0.2) is 54.7 Å². The number of hydrogen-bond donors (Lipinski definition) is 2. The van der Waals surface area contributed by atoms with Crippen molar-refractivity contribution in [1.82, 2.24) is 15.6 Å². The Morgan fingerprint density at radius 1 is 1.17 bits per heavy atom. The van der Waals surface area contributed by atoms with Gasteiger partial charge in [0.25, 0.3) is 0 Å². The van der Waals surface area contributed by atoms with Gasteiger partial charge in [-0.15, -0.1) is 0 Å². The van der Waals surface area contributed by atoms with E-state index in [4.69, 9.17) is 0 Å². The minimum Gasteiger partial charge on any atom is -0.369 e. The highest BCUT2D eigenvalue weighted by atomic mass is 16.2. The number of para-hydroxylation sites is 1. The molecule has 5 nitrogen and oxygen atoms in total. The number of nitrogens with one attached hydrogen (secondary N) is 2. The number of aromatic nitrogens is 1. The van der Waals surface area contributed by atoms with Gasteiger partial charge in [-0.1, -0.05) is 24.3 Å². The molecule has 1 fully saturated rings. The van der Waals surface area contributed by atoms with Crippen LogP contribution in [0.1, 0.15) is 18.5 Å². The van der Waals surface area contributed by atoms with Crippen LogP contribution in [-0.4, -0.2) is 36.7 Å². The molecule has 1 aliphatic rings. The Labute approximate surface area is 143 Å². The highest BCUT2D eigenvalue weighted by molar-refractivity contribution is 5.74. The SMILES string of the molecule is O=C(NCCc1ccccn1)NC1CCCN(c2ccccc2)C1. The smallest absolute Gasteiger partial charge is 0.315 e. The van der Waals surface area contributed by atoms with E-state index >= 15 is 0 Å². The molecule has 2 aromatic rings. The Morgan fingerprint density at radius 2 is 2.00 bits per heavy atom. The number of carbonyl (C=O) groups excluding carboxylic acids is 1. The summed E-state index contributed by atoms with van der Waals surface area (Å²) < 4.78 is 0. The van der Waals surface area contributed by atoms with Gasteiger partial charge in [-0.3, -0.25) is 4.98 Å². The molecule has 1 unspecified atom stereocenters. The van der Waals surface area contributed by atoms with Crippen LogP contribution in [0.3, 0.4) is 0 Å². The van der Waals surface area contributed by atoms with Gasteiger partial charge in [0.2, 0.25) is 0 Å². The molecule has 1 aliphatic heterocycles. The number of amides is 2. The molecule has 2 N–H and O–H groups in total. The molecule has 0 saturated carbocycles. The molecule has 0 bridgehead atoms. The minimum absolute atomic E-state index is 0.0918. The van der Waals surface area contributed by atoms with E-state index in [2.05, 4.69) is 44.8 Å². The average Bonchev–Trinajstić information content (AvgIpc) is 2.63. The number of piperidine rings is 1. The van der Waals surface area contributed by atoms with E-state index in [1.54, 1.807) is 6.20 Å². The molecule has 2 heterocycles. The van der Waals surface area contributed by atoms with E-state index in [0.29, 0.717) is 6.54 Å². The third kappa shape index (κ3) is 4.72. The average molecular weight is 324 g/mol. The number of pyridine rings is 1.